The Kier molecular flexibility index (Phi) is 9.76. The summed E-state index contributed by atoms with van der Waals surface area (Å²) in [5.41, 5.74) is 0.264. The van der Waals surface area contributed by atoms with Gasteiger partial charge in [-0.15, -0.1) is 0 Å². The quantitative estimate of drug-likeness (QED) is 0.596. The van der Waals surface area contributed by atoms with Gasteiger partial charge in [0, 0.05) is 12.1 Å². The SMILES string of the molecule is CCC(CC)CN(CC)CCCCNC(C)(C)C. The van der Waals surface area contributed by atoms with E-state index in [9.17, 15) is 0 Å². The average molecular weight is 256 g/mol. The normalized spacial score (nSPS) is 12.7. The summed E-state index contributed by atoms with van der Waals surface area (Å²) < 4.78 is 0. The van der Waals surface area contributed by atoms with Gasteiger partial charge in [0.05, 0.1) is 0 Å². The first-order chi connectivity index (χ1) is 8.42. The average Bonchev–Trinajstić information content (AvgIpc) is 2.31. The first kappa shape index (κ1) is 17.9. The molecule has 0 heterocycles. The summed E-state index contributed by atoms with van der Waals surface area (Å²) >= 11 is 0. The van der Waals surface area contributed by atoms with Crippen molar-refractivity contribution in [2.24, 2.45) is 5.92 Å². The van der Waals surface area contributed by atoms with Crippen LogP contribution in [0.25, 0.3) is 0 Å². The summed E-state index contributed by atoms with van der Waals surface area (Å²) in [5, 5.41) is 3.56. The number of hydrogen-bond acceptors (Lipinski definition) is 2. The lowest BCUT2D eigenvalue weighted by Gasteiger charge is -2.25. The smallest absolute Gasteiger partial charge is 0.00965 e. The van der Waals surface area contributed by atoms with E-state index in [0.29, 0.717) is 0 Å². The Hall–Kier alpha value is -0.0800. The van der Waals surface area contributed by atoms with Crippen LogP contribution in [-0.2, 0) is 0 Å². The molecule has 0 aromatic heterocycles. The molecule has 0 amide bonds. The van der Waals surface area contributed by atoms with Crippen molar-refractivity contribution in [3.63, 3.8) is 0 Å². The van der Waals surface area contributed by atoms with Crippen molar-refractivity contribution in [3.05, 3.63) is 0 Å². The molecule has 0 fully saturated rings. The van der Waals surface area contributed by atoms with Crippen LogP contribution in [0.4, 0.5) is 0 Å². The Bertz CT molecular complexity index is 180. The van der Waals surface area contributed by atoms with E-state index < -0.39 is 0 Å². The number of nitrogens with one attached hydrogen (secondary N) is 1. The summed E-state index contributed by atoms with van der Waals surface area (Å²) in [6.45, 7) is 18.5. The van der Waals surface area contributed by atoms with E-state index >= 15 is 0 Å². The second-order valence-electron chi connectivity index (χ2n) is 6.46. The maximum atomic E-state index is 3.56. The molecule has 18 heavy (non-hydrogen) atoms. The Morgan fingerprint density at radius 1 is 1.00 bits per heavy atom. The Labute approximate surface area is 116 Å². The van der Waals surface area contributed by atoms with E-state index in [1.165, 1.54) is 45.3 Å². The first-order valence-electron chi connectivity index (χ1n) is 7.90. The second-order valence-corrected chi connectivity index (χ2v) is 6.46. The molecule has 0 rings (SSSR count). The molecule has 0 aliphatic heterocycles. The minimum absolute atomic E-state index is 0.264. The molecule has 0 radical (unpaired) electrons. The molecule has 0 saturated carbocycles. The van der Waals surface area contributed by atoms with Crippen molar-refractivity contribution in [1.82, 2.24) is 10.2 Å². The molecule has 0 aliphatic carbocycles. The van der Waals surface area contributed by atoms with E-state index in [0.717, 1.165) is 12.5 Å². The van der Waals surface area contributed by atoms with Crippen molar-refractivity contribution in [2.45, 2.75) is 72.8 Å². The molecule has 1 N–H and O–H groups in total. The summed E-state index contributed by atoms with van der Waals surface area (Å²) in [4.78, 5) is 2.62. The van der Waals surface area contributed by atoms with Crippen LogP contribution in [0.1, 0.15) is 67.2 Å². The zero-order chi connectivity index (χ0) is 14.0. The molecular weight excluding hydrogens is 220 g/mol. The van der Waals surface area contributed by atoms with Gasteiger partial charge in [-0.25, -0.2) is 0 Å². The molecule has 0 aromatic carbocycles. The van der Waals surface area contributed by atoms with Crippen molar-refractivity contribution in [3.8, 4) is 0 Å². The van der Waals surface area contributed by atoms with Gasteiger partial charge in [0.1, 0.15) is 0 Å². The fourth-order valence-corrected chi connectivity index (χ4v) is 2.21. The van der Waals surface area contributed by atoms with Crippen molar-refractivity contribution in [2.75, 3.05) is 26.2 Å². The topological polar surface area (TPSA) is 15.3 Å². The van der Waals surface area contributed by atoms with Gasteiger partial charge in [-0.1, -0.05) is 33.6 Å². The van der Waals surface area contributed by atoms with Crippen molar-refractivity contribution < 1.29 is 0 Å². The van der Waals surface area contributed by atoms with E-state index in [4.69, 9.17) is 0 Å². The summed E-state index contributed by atoms with van der Waals surface area (Å²) in [6.07, 6.45) is 5.24. The minimum Gasteiger partial charge on any atom is -0.312 e. The molecule has 0 spiro atoms. The zero-order valence-corrected chi connectivity index (χ0v) is 13.7. The molecule has 0 atom stereocenters. The third-order valence-corrected chi connectivity index (χ3v) is 3.67. The second kappa shape index (κ2) is 9.80. The van der Waals surface area contributed by atoms with Crippen LogP contribution in [0.2, 0.25) is 0 Å². The van der Waals surface area contributed by atoms with Crippen LogP contribution in [0.15, 0.2) is 0 Å². The van der Waals surface area contributed by atoms with Crippen LogP contribution >= 0.6 is 0 Å². The largest absolute Gasteiger partial charge is 0.312 e. The van der Waals surface area contributed by atoms with E-state index in [1.807, 2.05) is 0 Å². The van der Waals surface area contributed by atoms with Crippen LogP contribution in [-0.4, -0.2) is 36.6 Å². The third-order valence-electron chi connectivity index (χ3n) is 3.67. The fourth-order valence-electron chi connectivity index (χ4n) is 2.21. The predicted octanol–water partition coefficient (Wildman–Crippen LogP) is 3.91. The van der Waals surface area contributed by atoms with Crippen LogP contribution < -0.4 is 5.32 Å². The highest BCUT2D eigenvalue weighted by Gasteiger charge is 2.10. The molecule has 0 aromatic rings. The number of unbranched alkanes of at least 4 members (excludes halogenated alkanes) is 1. The van der Waals surface area contributed by atoms with Gasteiger partial charge < -0.3 is 10.2 Å². The van der Waals surface area contributed by atoms with E-state index in [1.54, 1.807) is 0 Å². The highest BCUT2D eigenvalue weighted by molar-refractivity contribution is 4.70. The summed E-state index contributed by atoms with van der Waals surface area (Å²) in [7, 11) is 0. The highest BCUT2D eigenvalue weighted by Crippen LogP contribution is 2.10. The predicted molar refractivity (Wildman–Crippen MR) is 83.2 cm³/mol. The Morgan fingerprint density at radius 3 is 2.06 bits per heavy atom. The van der Waals surface area contributed by atoms with Crippen LogP contribution in [0.3, 0.4) is 0 Å². The highest BCUT2D eigenvalue weighted by atomic mass is 15.1. The van der Waals surface area contributed by atoms with Gasteiger partial charge in [0.2, 0.25) is 0 Å². The summed E-state index contributed by atoms with van der Waals surface area (Å²) in [5.74, 6) is 0.887. The van der Waals surface area contributed by atoms with Gasteiger partial charge >= 0.3 is 0 Å². The van der Waals surface area contributed by atoms with Gasteiger partial charge in [-0.05, 0) is 59.2 Å². The number of hydrogen-bond donors (Lipinski definition) is 1. The standard InChI is InChI=1S/C16H36N2/c1-7-15(8-2)14-18(9-3)13-11-10-12-17-16(4,5)6/h15,17H,7-14H2,1-6H3. The number of nitrogens with zero attached hydrogens (tertiary/aromatic N) is 1. The van der Waals surface area contributed by atoms with Gasteiger partial charge in [-0.3, -0.25) is 0 Å². The molecule has 2 nitrogen and oxygen atoms in total. The molecule has 0 bridgehead atoms. The lowest BCUT2D eigenvalue weighted by molar-refractivity contribution is 0.228. The van der Waals surface area contributed by atoms with Gasteiger partial charge in [0.25, 0.3) is 0 Å². The zero-order valence-electron chi connectivity index (χ0n) is 13.7. The van der Waals surface area contributed by atoms with Crippen LogP contribution in [0.5, 0.6) is 0 Å². The van der Waals surface area contributed by atoms with E-state index in [-0.39, 0.29) is 5.54 Å². The molecule has 2 heteroatoms. The fraction of sp³-hybridized carbons (Fsp3) is 1.00. The van der Waals surface area contributed by atoms with Crippen molar-refractivity contribution in [1.29, 1.82) is 0 Å². The van der Waals surface area contributed by atoms with Gasteiger partial charge in [0.15, 0.2) is 0 Å². The van der Waals surface area contributed by atoms with E-state index in [2.05, 4.69) is 51.8 Å². The minimum atomic E-state index is 0.264. The third kappa shape index (κ3) is 9.90. The number of rotatable bonds is 10. The summed E-state index contributed by atoms with van der Waals surface area (Å²) in [6, 6.07) is 0. The molecule has 0 unspecified atom stereocenters. The molecular formula is C16H36N2. The molecule has 0 saturated heterocycles. The molecule has 110 valence electrons. The maximum Gasteiger partial charge on any atom is 0.00965 e. The first-order valence-corrected chi connectivity index (χ1v) is 7.90. The Morgan fingerprint density at radius 2 is 1.61 bits per heavy atom. The Balaban J connectivity index is 3.68. The van der Waals surface area contributed by atoms with Crippen molar-refractivity contribution >= 4 is 0 Å². The van der Waals surface area contributed by atoms with Gasteiger partial charge in [-0.2, -0.15) is 0 Å². The monoisotopic (exact) mass is 256 g/mol. The lowest BCUT2D eigenvalue weighted by atomic mass is 10.0. The van der Waals surface area contributed by atoms with Crippen LogP contribution in [0, 0.1) is 5.92 Å². The lowest BCUT2D eigenvalue weighted by Crippen LogP contribution is -2.37. The molecule has 0 aliphatic rings. The maximum absolute atomic E-state index is 3.56.